The van der Waals surface area contributed by atoms with Gasteiger partial charge in [-0.05, 0) is 80.9 Å². The molecular formula is C48H75N5O9S. The molecule has 14 nitrogen and oxygen atoms in total. The Morgan fingerprint density at radius 1 is 0.841 bits per heavy atom. The van der Waals surface area contributed by atoms with Gasteiger partial charge in [0, 0.05) is 64.1 Å². The van der Waals surface area contributed by atoms with Gasteiger partial charge in [-0.3, -0.25) is 28.9 Å². The lowest BCUT2D eigenvalue weighted by Crippen LogP contribution is -2.54. The van der Waals surface area contributed by atoms with E-state index in [-0.39, 0.29) is 77.8 Å². The van der Waals surface area contributed by atoms with Crippen LogP contribution in [0.15, 0.2) is 59.5 Å². The van der Waals surface area contributed by atoms with E-state index in [0.717, 1.165) is 5.56 Å². The van der Waals surface area contributed by atoms with E-state index in [9.17, 15) is 32.4 Å². The molecule has 1 aliphatic rings. The van der Waals surface area contributed by atoms with E-state index in [0.29, 0.717) is 31.5 Å². The van der Waals surface area contributed by atoms with Crippen molar-refractivity contribution in [3.8, 4) is 0 Å². The number of nitrogens with zero attached hydrogens (tertiary/aromatic N) is 3. The molecule has 2 aromatic carbocycles. The molecule has 352 valence electrons. The highest BCUT2D eigenvalue weighted by atomic mass is 32.2. The van der Waals surface area contributed by atoms with Gasteiger partial charge in [-0.25, -0.2) is 13.1 Å². The molecule has 2 aromatic rings. The third kappa shape index (κ3) is 14.2. The van der Waals surface area contributed by atoms with Crippen LogP contribution >= 0.6 is 0 Å². The zero-order chi connectivity index (χ0) is 47.3. The van der Waals surface area contributed by atoms with Crippen LogP contribution in [0, 0.1) is 35.5 Å². The molecule has 0 bridgehead atoms. The number of carbonyl (C=O) groups excluding carboxylic acids is 5. The number of nitrogens with one attached hydrogen (secondary N) is 1. The number of ether oxygens (including phenoxy) is 2. The molecule has 1 aliphatic heterocycles. The first-order valence-electron chi connectivity index (χ1n) is 22.4. The van der Waals surface area contributed by atoms with Crippen molar-refractivity contribution in [3.63, 3.8) is 0 Å². The van der Waals surface area contributed by atoms with Crippen LogP contribution in [0.25, 0.3) is 0 Å². The van der Waals surface area contributed by atoms with Crippen molar-refractivity contribution in [2.24, 2.45) is 35.5 Å². The summed E-state index contributed by atoms with van der Waals surface area (Å²) < 4.78 is 40.7. The second kappa shape index (κ2) is 24.2. The average Bonchev–Trinajstić information content (AvgIpc) is 3.71. The molecule has 0 spiro atoms. The lowest BCUT2D eigenvalue weighted by molar-refractivity contribution is -0.149. The zero-order valence-corrected chi connectivity index (χ0v) is 40.5. The third-order valence-electron chi connectivity index (χ3n) is 13.0. The van der Waals surface area contributed by atoms with Gasteiger partial charge in [0.05, 0.1) is 41.6 Å². The highest BCUT2D eigenvalue weighted by Crippen LogP contribution is 2.32. The molecule has 0 aliphatic carbocycles. The maximum Gasteiger partial charge on any atom is 0.264 e. The summed E-state index contributed by atoms with van der Waals surface area (Å²) in [5, 5.41) is 0. The second-order valence-corrected chi connectivity index (χ2v) is 20.0. The number of likely N-dealkylation sites (N-methyl/N-ethyl adjacent to an activating group) is 2. The lowest BCUT2D eigenvalue weighted by atomic mass is 9.83. The zero-order valence-electron chi connectivity index (χ0n) is 39.7. The number of benzene rings is 2. The molecule has 0 saturated carbocycles. The Balaban J connectivity index is 1.83. The number of ketones is 2. The number of nitrogen functional groups attached to an aromatic ring is 1. The summed E-state index contributed by atoms with van der Waals surface area (Å²) in [6.45, 7) is 14.1. The van der Waals surface area contributed by atoms with E-state index < -0.39 is 58.0 Å². The highest BCUT2D eigenvalue weighted by Gasteiger charge is 2.43. The minimum atomic E-state index is -4.26. The van der Waals surface area contributed by atoms with Crippen LogP contribution < -0.4 is 10.5 Å². The highest BCUT2D eigenvalue weighted by molar-refractivity contribution is 7.90. The first-order chi connectivity index (χ1) is 29.6. The SMILES string of the molecule is CC[C@H](C)[C@@H]([C@@H](CC(=O)N1CCC[C@H]1[C@H](OC)[C@@H](C)C(=O)C[C@@H](Cc1ccccc1)C(=O)NS(=O)(=O)c1ccc(N)cc1)OC)N(C)C(=O)[C@@H](CC(=O)[C@H](C(C)C)N(C)C)C(C)C. The van der Waals surface area contributed by atoms with E-state index in [4.69, 9.17) is 15.2 Å². The maximum atomic E-state index is 14.4. The summed E-state index contributed by atoms with van der Waals surface area (Å²) in [4.78, 5) is 75.5. The van der Waals surface area contributed by atoms with Gasteiger partial charge in [-0.15, -0.1) is 0 Å². The Hall–Kier alpha value is -4.18. The summed E-state index contributed by atoms with van der Waals surface area (Å²) in [7, 11) is 4.28. The first-order valence-corrected chi connectivity index (χ1v) is 23.9. The van der Waals surface area contributed by atoms with Crippen molar-refractivity contribution >= 4 is 45.0 Å². The normalized spacial score (nSPS) is 18.3. The number of carbonyl (C=O) groups is 5. The number of likely N-dealkylation sites (tertiary alicyclic amines) is 1. The third-order valence-corrected chi connectivity index (χ3v) is 14.3. The maximum absolute atomic E-state index is 14.4. The molecule has 1 fully saturated rings. The number of hydrogen-bond acceptors (Lipinski definition) is 11. The fraction of sp³-hybridized carbons (Fsp3) is 0.646. The minimum absolute atomic E-state index is 0.0202. The number of nitrogens with two attached hydrogens (primary N) is 1. The van der Waals surface area contributed by atoms with Crippen molar-refractivity contribution in [2.75, 3.05) is 47.6 Å². The summed E-state index contributed by atoms with van der Waals surface area (Å²) in [6, 6.07) is 13.3. The summed E-state index contributed by atoms with van der Waals surface area (Å²) in [5.41, 5.74) is 6.86. The fourth-order valence-corrected chi connectivity index (χ4v) is 10.4. The van der Waals surface area contributed by atoms with Gasteiger partial charge in [0.2, 0.25) is 17.7 Å². The van der Waals surface area contributed by atoms with Crippen LogP contribution in [-0.4, -0.2) is 125 Å². The molecular weight excluding hydrogens is 823 g/mol. The molecule has 3 amide bonds. The molecule has 0 aromatic heterocycles. The fourth-order valence-electron chi connectivity index (χ4n) is 9.31. The standard InChI is InChI=1S/C48H75N5O9S/c1-13-32(6)45(52(10)48(58)38(30(2)3)28-41(55)44(31(4)5)51(8)9)42(61-11)29-43(56)53-25-17-20-39(53)46(62-12)33(7)40(54)27-35(26-34-18-15-14-16-19-34)47(57)50-63(59,60)37-23-21-36(49)22-24-37/h14-16,18-19,21-24,30-33,35,38-39,42,44-46H,13,17,20,25-29,49H2,1-12H3,(H,50,57)/t32-,33-,35+,38-,39-,42+,44-,45-,46+/m0/s1. The average molecular weight is 898 g/mol. The predicted octanol–water partition coefficient (Wildman–Crippen LogP) is 5.63. The number of hydrogen-bond donors (Lipinski definition) is 2. The van der Waals surface area contributed by atoms with Crippen molar-refractivity contribution in [1.82, 2.24) is 19.4 Å². The second-order valence-electron chi connectivity index (χ2n) is 18.4. The number of methoxy groups -OCH3 is 2. The Morgan fingerprint density at radius 3 is 1.98 bits per heavy atom. The molecule has 63 heavy (non-hydrogen) atoms. The van der Waals surface area contributed by atoms with Gasteiger partial charge in [0.15, 0.2) is 5.78 Å². The Bertz CT molecular complexity index is 1920. The van der Waals surface area contributed by atoms with Crippen LogP contribution in [0.1, 0.15) is 92.6 Å². The molecule has 1 heterocycles. The van der Waals surface area contributed by atoms with Gasteiger partial charge < -0.3 is 25.0 Å². The van der Waals surface area contributed by atoms with Gasteiger partial charge in [0.25, 0.3) is 10.0 Å². The van der Waals surface area contributed by atoms with E-state index in [1.54, 1.807) is 30.9 Å². The van der Waals surface area contributed by atoms with Gasteiger partial charge in [-0.2, -0.15) is 0 Å². The van der Waals surface area contributed by atoms with Crippen LogP contribution in [0.3, 0.4) is 0 Å². The van der Waals surface area contributed by atoms with Crippen LogP contribution in [0.2, 0.25) is 0 Å². The number of rotatable bonds is 25. The smallest absolute Gasteiger partial charge is 0.264 e. The Kier molecular flexibility index (Phi) is 20.4. The van der Waals surface area contributed by atoms with Gasteiger partial charge >= 0.3 is 0 Å². The molecule has 9 atom stereocenters. The predicted molar refractivity (Wildman–Crippen MR) is 246 cm³/mol. The van der Waals surface area contributed by atoms with Crippen LogP contribution in [0.4, 0.5) is 5.69 Å². The Morgan fingerprint density at radius 2 is 1.46 bits per heavy atom. The Labute approximate surface area is 377 Å². The number of anilines is 1. The van der Waals surface area contributed by atoms with Gasteiger partial charge in [-0.1, -0.05) is 85.2 Å². The molecule has 3 N–H and O–H groups in total. The largest absolute Gasteiger partial charge is 0.399 e. The topological polar surface area (TPSA) is 186 Å². The van der Waals surface area contributed by atoms with Crippen molar-refractivity contribution in [1.29, 1.82) is 0 Å². The summed E-state index contributed by atoms with van der Waals surface area (Å²) >= 11 is 0. The van der Waals surface area contributed by atoms with Crippen molar-refractivity contribution in [2.45, 2.75) is 129 Å². The molecule has 3 rings (SSSR count). The van der Waals surface area contributed by atoms with Crippen molar-refractivity contribution < 1.29 is 41.9 Å². The van der Waals surface area contributed by atoms with E-state index in [1.807, 2.05) is 90.9 Å². The number of Topliss-reactive ketones (excluding diaryl/α,β-unsaturated/α-hetero) is 2. The lowest BCUT2D eigenvalue weighted by Gasteiger charge is -2.41. The van der Waals surface area contributed by atoms with E-state index >= 15 is 0 Å². The van der Waals surface area contributed by atoms with Gasteiger partial charge in [0.1, 0.15) is 5.78 Å². The number of sulfonamides is 1. The molecule has 15 heteroatoms. The number of amides is 3. The van der Waals surface area contributed by atoms with E-state index in [2.05, 4.69) is 4.72 Å². The molecule has 0 radical (unpaired) electrons. The quantitative estimate of drug-likeness (QED) is 0.118. The first kappa shape index (κ1) is 53.2. The molecule has 0 unspecified atom stereocenters. The minimum Gasteiger partial charge on any atom is -0.399 e. The van der Waals surface area contributed by atoms with Crippen LogP contribution in [0.5, 0.6) is 0 Å². The van der Waals surface area contributed by atoms with E-state index in [1.165, 1.54) is 31.4 Å². The van der Waals surface area contributed by atoms with Crippen LogP contribution in [-0.2, 0) is 49.9 Å². The summed E-state index contributed by atoms with van der Waals surface area (Å²) in [6.07, 6.45) is 0.512. The molecule has 1 saturated heterocycles. The summed E-state index contributed by atoms with van der Waals surface area (Å²) in [5.74, 6) is -3.88. The monoisotopic (exact) mass is 898 g/mol. The van der Waals surface area contributed by atoms with Crippen molar-refractivity contribution in [3.05, 3.63) is 60.2 Å².